The largest absolute Gasteiger partial charge is 0.379 e. The van der Waals surface area contributed by atoms with Crippen LogP contribution in [0, 0.1) is 0 Å². The fraction of sp³-hybridized carbons (Fsp3) is 1.00. The molecule has 4 heteroatoms. The summed E-state index contributed by atoms with van der Waals surface area (Å²) in [7, 11) is 0. The summed E-state index contributed by atoms with van der Waals surface area (Å²) in [5.41, 5.74) is 0. The van der Waals surface area contributed by atoms with E-state index in [2.05, 4.69) is 0 Å². The molecular formula is C6H10Cl2OS. The van der Waals surface area contributed by atoms with Crippen molar-refractivity contribution in [1.29, 1.82) is 0 Å². The second-order valence-electron chi connectivity index (χ2n) is 2.23. The van der Waals surface area contributed by atoms with Crippen LogP contribution in [0.2, 0.25) is 0 Å². The molecule has 1 saturated heterocycles. The molecule has 1 rings (SSSR count). The Kier molecular flexibility index (Phi) is 4.23. The number of alkyl halides is 2. The van der Waals surface area contributed by atoms with Crippen LogP contribution in [0.25, 0.3) is 0 Å². The minimum atomic E-state index is 0.444. The van der Waals surface area contributed by atoms with E-state index in [1.165, 1.54) is 0 Å². The molecule has 1 fully saturated rings. The Morgan fingerprint density at radius 2 is 1.70 bits per heavy atom. The zero-order valence-corrected chi connectivity index (χ0v) is 7.88. The van der Waals surface area contributed by atoms with E-state index in [4.69, 9.17) is 27.9 Å². The number of ether oxygens (including phenoxy) is 1. The highest BCUT2D eigenvalue weighted by atomic mass is 35.5. The molecule has 1 aliphatic heterocycles. The third-order valence-corrected chi connectivity index (χ3v) is 3.82. The Balaban J connectivity index is 2.25. The van der Waals surface area contributed by atoms with Gasteiger partial charge in [-0.2, -0.15) is 0 Å². The van der Waals surface area contributed by atoms with Gasteiger partial charge in [-0.1, -0.05) is 0 Å². The molecule has 2 unspecified atom stereocenters. The van der Waals surface area contributed by atoms with Crippen LogP contribution >= 0.6 is 35.0 Å². The first kappa shape index (κ1) is 8.98. The van der Waals surface area contributed by atoms with E-state index in [1.807, 2.05) is 11.8 Å². The van der Waals surface area contributed by atoms with Crippen molar-refractivity contribution in [3.63, 3.8) is 0 Å². The van der Waals surface area contributed by atoms with Crippen LogP contribution < -0.4 is 0 Å². The molecule has 0 aromatic rings. The summed E-state index contributed by atoms with van der Waals surface area (Å²) >= 11 is 13.2. The van der Waals surface area contributed by atoms with Crippen molar-refractivity contribution in [1.82, 2.24) is 0 Å². The molecule has 0 spiro atoms. The molecule has 10 heavy (non-hydrogen) atoms. The van der Waals surface area contributed by atoms with Crippen LogP contribution in [0.3, 0.4) is 0 Å². The highest BCUT2D eigenvalue weighted by molar-refractivity contribution is 8.00. The Labute approximate surface area is 75.4 Å². The zero-order valence-electron chi connectivity index (χ0n) is 5.56. The van der Waals surface area contributed by atoms with Crippen molar-refractivity contribution in [2.24, 2.45) is 0 Å². The van der Waals surface area contributed by atoms with Crippen molar-refractivity contribution in [2.75, 3.05) is 25.0 Å². The third-order valence-electron chi connectivity index (χ3n) is 1.34. The molecule has 0 radical (unpaired) electrons. The van der Waals surface area contributed by atoms with E-state index in [0.29, 0.717) is 22.3 Å². The van der Waals surface area contributed by atoms with Crippen LogP contribution in [-0.2, 0) is 4.74 Å². The summed E-state index contributed by atoms with van der Waals surface area (Å²) < 4.78 is 5.29. The average Bonchev–Trinajstić information content (AvgIpc) is 2.05. The Morgan fingerprint density at radius 1 is 1.20 bits per heavy atom. The summed E-state index contributed by atoms with van der Waals surface area (Å²) in [6.07, 6.45) is 0. The Bertz CT molecular complexity index is 91.7. The lowest BCUT2D eigenvalue weighted by Crippen LogP contribution is -2.29. The molecule has 0 aliphatic carbocycles. The van der Waals surface area contributed by atoms with E-state index < -0.39 is 0 Å². The van der Waals surface area contributed by atoms with Gasteiger partial charge in [0.05, 0.1) is 13.2 Å². The lowest BCUT2D eigenvalue weighted by molar-refractivity contribution is 0.133. The van der Waals surface area contributed by atoms with Gasteiger partial charge in [-0.05, 0) is 0 Å². The molecular weight excluding hydrogens is 191 g/mol. The lowest BCUT2D eigenvalue weighted by Gasteiger charge is -2.25. The Hall–Kier alpha value is 0.890. The molecule has 1 nitrogen and oxygen atoms in total. The van der Waals surface area contributed by atoms with E-state index in [-0.39, 0.29) is 0 Å². The summed E-state index contributed by atoms with van der Waals surface area (Å²) in [6, 6.07) is 0. The first-order valence-corrected chi connectivity index (χ1v) is 5.23. The van der Waals surface area contributed by atoms with Crippen molar-refractivity contribution >= 4 is 35.0 Å². The number of hydrogen-bond donors (Lipinski definition) is 0. The number of hydrogen-bond acceptors (Lipinski definition) is 2. The van der Waals surface area contributed by atoms with Gasteiger partial charge in [0.1, 0.15) is 0 Å². The molecule has 1 aliphatic rings. The maximum atomic E-state index is 5.66. The molecule has 2 atom stereocenters. The van der Waals surface area contributed by atoms with Crippen molar-refractivity contribution in [2.45, 2.75) is 10.5 Å². The van der Waals surface area contributed by atoms with Crippen LogP contribution in [-0.4, -0.2) is 35.5 Å². The first-order chi connectivity index (χ1) is 4.86. The van der Waals surface area contributed by atoms with Crippen molar-refractivity contribution in [3.8, 4) is 0 Å². The van der Waals surface area contributed by atoms with Gasteiger partial charge >= 0.3 is 0 Å². The van der Waals surface area contributed by atoms with Gasteiger partial charge < -0.3 is 4.74 Å². The number of rotatable bonds is 2. The predicted molar refractivity (Wildman–Crippen MR) is 47.4 cm³/mol. The SMILES string of the molecule is ClCC1COCC(CCl)S1. The Morgan fingerprint density at radius 3 is 2.10 bits per heavy atom. The highest BCUT2D eigenvalue weighted by Gasteiger charge is 2.21. The standard InChI is InChI=1S/C6H10Cl2OS/c7-1-5-3-9-4-6(2-8)10-5/h5-6H,1-4H2. The van der Waals surface area contributed by atoms with Gasteiger partial charge in [0.25, 0.3) is 0 Å². The molecule has 0 bridgehead atoms. The molecule has 1 heterocycles. The summed E-state index contributed by atoms with van der Waals surface area (Å²) in [4.78, 5) is 0. The zero-order chi connectivity index (χ0) is 7.40. The summed E-state index contributed by atoms with van der Waals surface area (Å²) in [6.45, 7) is 1.56. The average molecular weight is 201 g/mol. The second-order valence-corrected chi connectivity index (χ2v) is 4.45. The molecule has 0 amide bonds. The van der Waals surface area contributed by atoms with Gasteiger partial charge in [0, 0.05) is 22.3 Å². The fourth-order valence-electron chi connectivity index (χ4n) is 0.843. The molecule has 0 saturated carbocycles. The second kappa shape index (κ2) is 4.70. The maximum Gasteiger partial charge on any atom is 0.0597 e. The van der Waals surface area contributed by atoms with Gasteiger partial charge in [-0.3, -0.25) is 0 Å². The lowest BCUT2D eigenvalue weighted by atomic mass is 10.4. The highest BCUT2D eigenvalue weighted by Crippen LogP contribution is 2.25. The van der Waals surface area contributed by atoms with Gasteiger partial charge in [0.2, 0.25) is 0 Å². The minimum Gasteiger partial charge on any atom is -0.379 e. The smallest absolute Gasteiger partial charge is 0.0597 e. The predicted octanol–water partition coefficient (Wildman–Crippen LogP) is 1.96. The fourth-order valence-corrected chi connectivity index (χ4v) is 2.50. The number of halogens is 2. The van der Waals surface area contributed by atoms with E-state index >= 15 is 0 Å². The van der Waals surface area contributed by atoms with Crippen molar-refractivity contribution in [3.05, 3.63) is 0 Å². The van der Waals surface area contributed by atoms with Crippen LogP contribution in [0.1, 0.15) is 0 Å². The first-order valence-electron chi connectivity index (χ1n) is 3.22. The van der Waals surface area contributed by atoms with E-state index in [1.54, 1.807) is 0 Å². The van der Waals surface area contributed by atoms with Crippen LogP contribution in [0.4, 0.5) is 0 Å². The molecule has 60 valence electrons. The topological polar surface area (TPSA) is 9.23 Å². The normalized spacial score (nSPS) is 34.2. The van der Waals surface area contributed by atoms with E-state index in [9.17, 15) is 0 Å². The maximum absolute atomic E-state index is 5.66. The summed E-state index contributed by atoms with van der Waals surface area (Å²) in [5, 5.41) is 0.887. The molecule has 0 aromatic heterocycles. The third kappa shape index (κ3) is 2.50. The van der Waals surface area contributed by atoms with Crippen LogP contribution in [0.5, 0.6) is 0 Å². The monoisotopic (exact) mass is 200 g/mol. The quantitative estimate of drug-likeness (QED) is 0.631. The van der Waals surface area contributed by atoms with Gasteiger partial charge in [-0.15, -0.1) is 35.0 Å². The van der Waals surface area contributed by atoms with Crippen molar-refractivity contribution < 1.29 is 4.74 Å². The van der Waals surface area contributed by atoms with Gasteiger partial charge in [0.15, 0.2) is 0 Å². The van der Waals surface area contributed by atoms with Gasteiger partial charge in [-0.25, -0.2) is 0 Å². The van der Waals surface area contributed by atoms with Crippen LogP contribution in [0.15, 0.2) is 0 Å². The molecule has 0 aromatic carbocycles. The summed E-state index contributed by atoms with van der Waals surface area (Å²) in [5.74, 6) is 1.33. The minimum absolute atomic E-state index is 0.444. The van der Waals surface area contributed by atoms with E-state index in [0.717, 1.165) is 13.2 Å². The molecule has 0 N–H and O–H groups in total. The number of thioether (sulfide) groups is 1.